The number of rotatable bonds is 4. The zero-order valence-corrected chi connectivity index (χ0v) is 12.8. The van der Waals surface area contributed by atoms with Gasteiger partial charge in [-0.3, -0.25) is 0 Å². The number of nitrogens with one attached hydrogen (secondary N) is 2. The van der Waals surface area contributed by atoms with Gasteiger partial charge in [0.1, 0.15) is 4.21 Å². The van der Waals surface area contributed by atoms with E-state index in [2.05, 4.69) is 10.0 Å². The highest BCUT2D eigenvalue weighted by Crippen LogP contribution is 2.34. The van der Waals surface area contributed by atoms with E-state index < -0.39 is 16.0 Å². The minimum absolute atomic E-state index is 0.0667. The Hall–Kier alpha value is -1.00. The SMILES string of the molecule is O=C(O)c1c(S(=O)(=O)N[C@@H]2CCOC2)sc2c1CCNC2. The molecule has 3 N–H and O–H groups in total. The maximum atomic E-state index is 12.5. The van der Waals surface area contributed by atoms with Crippen molar-refractivity contribution in [3.8, 4) is 0 Å². The fourth-order valence-corrected chi connectivity index (χ4v) is 5.75. The minimum atomic E-state index is -3.83. The summed E-state index contributed by atoms with van der Waals surface area (Å²) in [6.45, 7) is 2.02. The van der Waals surface area contributed by atoms with E-state index in [0.717, 1.165) is 16.2 Å². The first kappa shape index (κ1) is 14.9. The van der Waals surface area contributed by atoms with Crippen LogP contribution in [0.4, 0.5) is 0 Å². The molecule has 0 spiro atoms. The van der Waals surface area contributed by atoms with Crippen molar-refractivity contribution in [1.82, 2.24) is 10.0 Å². The van der Waals surface area contributed by atoms with Crippen LogP contribution in [-0.2, 0) is 27.7 Å². The van der Waals surface area contributed by atoms with E-state index in [0.29, 0.717) is 44.7 Å². The summed E-state index contributed by atoms with van der Waals surface area (Å²) in [4.78, 5) is 12.3. The van der Waals surface area contributed by atoms with Gasteiger partial charge >= 0.3 is 5.97 Å². The first-order valence-corrected chi connectivity index (χ1v) is 8.97. The van der Waals surface area contributed by atoms with Crippen LogP contribution in [0.15, 0.2) is 4.21 Å². The third kappa shape index (κ3) is 2.84. The molecule has 2 aliphatic heterocycles. The summed E-state index contributed by atoms with van der Waals surface area (Å²) < 4.78 is 32.6. The molecular formula is C12H16N2O5S2. The van der Waals surface area contributed by atoms with Gasteiger partial charge in [0.05, 0.1) is 12.2 Å². The van der Waals surface area contributed by atoms with Crippen LogP contribution < -0.4 is 10.0 Å². The van der Waals surface area contributed by atoms with Crippen molar-refractivity contribution in [2.24, 2.45) is 0 Å². The molecule has 3 heterocycles. The zero-order valence-electron chi connectivity index (χ0n) is 11.2. The molecule has 1 fully saturated rings. The fourth-order valence-electron chi connectivity index (χ4n) is 2.62. The number of thiophene rings is 1. The van der Waals surface area contributed by atoms with Crippen LogP contribution in [0.2, 0.25) is 0 Å². The summed E-state index contributed by atoms with van der Waals surface area (Å²) in [6, 6.07) is -0.283. The van der Waals surface area contributed by atoms with Crippen molar-refractivity contribution in [2.45, 2.75) is 29.6 Å². The third-order valence-corrected chi connectivity index (χ3v) is 6.88. The van der Waals surface area contributed by atoms with E-state index in [1.165, 1.54) is 0 Å². The van der Waals surface area contributed by atoms with Gasteiger partial charge in [-0.1, -0.05) is 0 Å². The van der Waals surface area contributed by atoms with Crippen molar-refractivity contribution >= 4 is 27.3 Å². The normalized spacial score (nSPS) is 22.2. The maximum absolute atomic E-state index is 12.5. The summed E-state index contributed by atoms with van der Waals surface area (Å²) in [5.74, 6) is -1.18. The summed E-state index contributed by atoms with van der Waals surface area (Å²) in [5, 5.41) is 12.5. The first-order chi connectivity index (χ1) is 9.99. The molecule has 0 radical (unpaired) electrons. The first-order valence-electron chi connectivity index (χ1n) is 6.67. The summed E-state index contributed by atoms with van der Waals surface area (Å²) in [5.41, 5.74) is 0.581. The predicted octanol–water partition coefficient (Wildman–Crippen LogP) is 0.159. The van der Waals surface area contributed by atoms with Crippen LogP contribution in [-0.4, -0.2) is 45.3 Å². The van der Waals surface area contributed by atoms with E-state index in [1.807, 2.05) is 0 Å². The molecule has 9 heteroatoms. The van der Waals surface area contributed by atoms with Crippen LogP contribution in [0.1, 0.15) is 27.2 Å². The van der Waals surface area contributed by atoms with E-state index in [1.54, 1.807) is 0 Å². The zero-order chi connectivity index (χ0) is 15.0. The molecule has 0 aromatic carbocycles. The van der Waals surface area contributed by atoms with Gasteiger partial charge in [-0.2, -0.15) is 0 Å². The van der Waals surface area contributed by atoms with Crippen LogP contribution >= 0.6 is 11.3 Å². The molecule has 21 heavy (non-hydrogen) atoms. The quantitative estimate of drug-likeness (QED) is 0.725. The summed E-state index contributed by atoms with van der Waals surface area (Å²) in [7, 11) is -3.83. The van der Waals surface area contributed by atoms with Crippen molar-refractivity contribution in [3.63, 3.8) is 0 Å². The second-order valence-electron chi connectivity index (χ2n) is 5.08. The standard InChI is InChI=1S/C12H16N2O5S2/c15-11(16)10-8-1-3-13-5-9(8)20-12(10)21(17,18)14-7-2-4-19-6-7/h7,13-14H,1-6H2,(H,15,16)/t7-/m1/s1. The molecule has 116 valence electrons. The van der Waals surface area contributed by atoms with Gasteiger partial charge in [0.2, 0.25) is 0 Å². The van der Waals surface area contributed by atoms with Gasteiger partial charge in [-0.15, -0.1) is 11.3 Å². The highest BCUT2D eigenvalue weighted by atomic mass is 32.2. The number of ether oxygens (including phenoxy) is 1. The highest BCUT2D eigenvalue weighted by Gasteiger charge is 2.33. The lowest BCUT2D eigenvalue weighted by Gasteiger charge is -2.13. The number of hydrogen-bond acceptors (Lipinski definition) is 6. The second-order valence-corrected chi connectivity index (χ2v) is 8.09. The number of carbonyl (C=O) groups is 1. The largest absolute Gasteiger partial charge is 0.478 e. The van der Waals surface area contributed by atoms with Crippen molar-refractivity contribution in [1.29, 1.82) is 0 Å². The molecule has 0 bridgehead atoms. The highest BCUT2D eigenvalue weighted by molar-refractivity contribution is 7.91. The van der Waals surface area contributed by atoms with Crippen LogP contribution in [0.3, 0.4) is 0 Å². The molecule has 0 aliphatic carbocycles. The molecule has 0 unspecified atom stereocenters. The number of carboxylic acids is 1. The number of hydrogen-bond donors (Lipinski definition) is 3. The van der Waals surface area contributed by atoms with Gasteiger partial charge in [-0.25, -0.2) is 17.9 Å². The Labute approximate surface area is 126 Å². The molecule has 1 aromatic rings. The van der Waals surface area contributed by atoms with E-state index in [-0.39, 0.29) is 15.8 Å². The van der Waals surface area contributed by atoms with Gasteiger partial charge in [0.25, 0.3) is 10.0 Å². The fraction of sp³-hybridized carbons (Fsp3) is 0.583. The molecule has 1 aromatic heterocycles. The predicted molar refractivity (Wildman–Crippen MR) is 76.2 cm³/mol. The monoisotopic (exact) mass is 332 g/mol. The Morgan fingerprint density at radius 3 is 2.95 bits per heavy atom. The number of aromatic carboxylic acids is 1. The lowest BCUT2D eigenvalue weighted by atomic mass is 10.1. The van der Waals surface area contributed by atoms with Crippen LogP contribution in [0, 0.1) is 0 Å². The van der Waals surface area contributed by atoms with Crippen molar-refractivity contribution < 1.29 is 23.1 Å². The summed E-state index contributed by atoms with van der Waals surface area (Å²) in [6.07, 6.45) is 1.14. The van der Waals surface area contributed by atoms with Gasteiger partial charge in [-0.05, 0) is 24.9 Å². The molecule has 0 saturated carbocycles. The Morgan fingerprint density at radius 2 is 2.29 bits per heavy atom. The van der Waals surface area contributed by atoms with E-state index in [4.69, 9.17) is 4.74 Å². The number of fused-ring (bicyclic) bond motifs is 1. The molecule has 2 aliphatic rings. The Balaban J connectivity index is 2.00. The van der Waals surface area contributed by atoms with E-state index in [9.17, 15) is 18.3 Å². The number of sulfonamides is 1. The average Bonchev–Trinajstić information content (AvgIpc) is 3.04. The van der Waals surface area contributed by atoms with Crippen molar-refractivity contribution in [3.05, 3.63) is 16.0 Å². The topological polar surface area (TPSA) is 105 Å². The third-order valence-electron chi connectivity index (χ3n) is 3.61. The molecule has 3 rings (SSSR count). The van der Waals surface area contributed by atoms with Gasteiger partial charge in [0.15, 0.2) is 0 Å². The molecule has 1 saturated heterocycles. The minimum Gasteiger partial charge on any atom is -0.478 e. The smallest absolute Gasteiger partial charge is 0.338 e. The molecule has 7 nitrogen and oxygen atoms in total. The molecular weight excluding hydrogens is 316 g/mol. The Bertz CT molecular complexity index is 661. The van der Waals surface area contributed by atoms with Crippen LogP contribution in [0.5, 0.6) is 0 Å². The average molecular weight is 332 g/mol. The van der Waals surface area contributed by atoms with Crippen molar-refractivity contribution in [2.75, 3.05) is 19.8 Å². The maximum Gasteiger partial charge on any atom is 0.338 e. The Kier molecular flexibility index (Phi) is 4.02. The van der Waals surface area contributed by atoms with E-state index >= 15 is 0 Å². The lowest BCUT2D eigenvalue weighted by Crippen LogP contribution is -2.35. The lowest BCUT2D eigenvalue weighted by molar-refractivity contribution is 0.0692. The molecule has 1 atom stereocenters. The second kappa shape index (κ2) is 5.65. The van der Waals surface area contributed by atoms with Gasteiger partial charge < -0.3 is 15.2 Å². The van der Waals surface area contributed by atoms with Crippen LogP contribution in [0.25, 0.3) is 0 Å². The summed E-state index contributed by atoms with van der Waals surface area (Å²) >= 11 is 1.05. The number of carboxylic acid groups (broad SMARTS) is 1. The van der Waals surface area contributed by atoms with Gasteiger partial charge in [0, 0.05) is 24.1 Å². The Morgan fingerprint density at radius 1 is 1.48 bits per heavy atom. The molecule has 0 amide bonds.